The number of fused-ring (bicyclic) bond motifs is 1. The van der Waals surface area contributed by atoms with Crippen molar-refractivity contribution in [1.82, 2.24) is 4.98 Å². The molecule has 2 unspecified atom stereocenters. The van der Waals surface area contributed by atoms with Crippen molar-refractivity contribution in [2.45, 2.75) is 39.3 Å². The highest BCUT2D eigenvalue weighted by Crippen LogP contribution is 2.44. The number of nitriles is 1. The van der Waals surface area contributed by atoms with Gasteiger partial charge in [0.15, 0.2) is 0 Å². The summed E-state index contributed by atoms with van der Waals surface area (Å²) in [5.41, 5.74) is 3.74. The molecule has 0 spiro atoms. The predicted molar refractivity (Wildman–Crippen MR) is 121 cm³/mol. The summed E-state index contributed by atoms with van der Waals surface area (Å²) in [5.74, 6) is 0.970. The van der Waals surface area contributed by atoms with Gasteiger partial charge >= 0.3 is 0 Å². The molecule has 2 aromatic rings. The average molecular weight is 420 g/mol. The van der Waals surface area contributed by atoms with Crippen molar-refractivity contribution in [1.29, 1.82) is 5.26 Å². The molecule has 1 N–H and O–H groups in total. The Bertz CT molecular complexity index is 978. The molecule has 1 amide bonds. The van der Waals surface area contributed by atoms with Gasteiger partial charge in [-0.3, -0.25) is 4.79 Å². The van der Waals surface area contributed by atoms with Crippen molar-refractivity contribution >= 4 is 23.1 Å². The van der Waals surface area contributed by atoms with Gasteiger partial charge in [-0.1, -0.05) is 13.8 Å². The maximum Gasteiger partial charge on any atom is 0.224 e. The van der Waals surface area contributed by atoms with E-state index in [1.54, 1.807) is 19.2 Å². The van der Waals surface area contributed by atoms with Crippen LogP contribution in [0, 0.1) is 17.2 Å². The minimum Gasteiger partial charge on any atom is -0.378 e. The maximum atomic E-state index is 12.6. The van der Waals surface area contributed by atoms with Crippen LogP contribution in [0.25, 0.3) is 0 Å². The summed E-state index contributed by atoms with van der Waals surface area (Å²) >= 11 is 0. The summed E-state index contributed by atoms with van der Waals surface area (Å²) in [7, 11) is 0. The van der Waals surface area contributed by atoms with Gasteiger partial charge in [0.1, 0.15) is 11.9 Å². The van der Waals surface area contributed by atoms with Crippen LogP contribution in [0.15, 0.2) is 36.5 Å². The van der Waals surface area contributed by atoms with Crippen LogP contribution in [0.1, 0.15) is 44.4 Å². The largest absolute Gasteiger partial charge is 0.378 e. The van der Waals surface area contributed by atoms with Crippen LogP contribution in [0.5, 0.6) is 0 Å². The van der Waals surface area contributed by atoms with Crippen molar-refractivity contribution in [2.75, 3.05) is 41.4 Å². The zero-order chi connectivity index (χ0) is 22.0. The number of aromatic nitrogens is 1. The minimum absolute atomic E-state index is 0.00280. The van der Waals surface area contributed by atoms with E-state index in [2.05, 4.69) is 53.3 Å². The van der Waals surface area contributed by atoms with Gasteiger partial charge in [-0.15, -0.1) is 0 Å². The topological polar surface area (TPSA) is 81.5 Å². The van der Waals surface area contributed by atoms with Crippen LogP contribution >= 0.6 is 0 Å². The average Bonchev–Trinajstić information content (AvgIpc) is 2.81. The monoisotopic (exact) mass is 419 g/mol. The molecule has 31 heavy (non-hydrogen) atoms. The number of pyridine rings is 1. The van der Waals surface area contributed by atoms with Crippen LogP contribution in [-0.4, -0.2) is 43.2 Å². The fraction of sp³-hybridized carbons (Fsp3) is 0.458. The van der Waals surface area contributed by atoms with Gasteiger partial charge in [-0.25, -0.2) is 4.98 Å². The second kappa shape index (κ2) is 8.94. The van der Waals surface area contributed by atoms with E-state index in [0.717, 1.165) is 55.5 Å². The van der Waals surface area contributed by atoms with E-state index in [-0.39, 0.29) is 23.9 Å². The first-order chi connectivity index (χ1) is 15.0. The third kappa shape index (κ3) is 4.08. The smallest absolute Gasteiger partial charge is 0.224 e. The number of rotatable bonds is 4. The number of morpholine rings is 1. The van der Waals surface area contributed by atoms with E-state index >= 15 is 0 Å². The van der Waals surface area contributed by atoms with Crippen LogP contribution in [-0.2, 0) is 9.53 Å². The standard InChI is InChI=1S/C24H29N5O2/c1-4-21-16(2)24(27-23-8-5-18(14-25)15-26-23)20-13-19(28-9-11-31-12-10-28)6-7-22(20)29(21)17(3)30/h5-8,13,15-16,21,24H,4,9-12H2,1-3H3,(H,26,27)/t16-,21?,24?/m0/s1. The van der Waals surface area contributed by atoms with Crippen molar-refractivity contribution in [3.8, 4) is 6.07 Å². The number of ether oxygens (including phenoxy) is 1. The Morgan fingerprint density at radius 1 is 1.29 bits per heavy atom. The molecule has 0 bridgehead atoms. The fourth-order valence-corrected chi connectivity index (χ4v) is 4.82. The van der Waals surface area contributed by atoms with Gasteiger partial charge in [-0.05, 0) is 36.8 Å². The first-order valence-corrected chi connectivity index (χ1v) is 10.9. The van der Waals surface area contributed by atoms with Gasteiger partial charge in [0, 0.05) is 55.1 Å². The molecule has 4 rings (SSSR count). The number of anilines is 3. The lowest BCUT2D eigenvalue weighted by Crippen LogP contribution is -2.49. The number of amides is 1. The first-order valence-electron chi connectivity index (χ1n) is 10.9. The normalized spacial score (nSPS) is 23.1. The molecule has 0 aliphatic carbocycles. The molecule has 1 fully saturated rings. The van der Waals surface area contributed by atoms with E-state index in [9.17, 15) is 4.79 Å². The Morgan fingerprint density at radius 2 is 2.06 bits per heavy atom. The Balaban J connectivity index is 1.76. The van der Waals surface area contributed by atoms with E-state index in [4.69, 9.17) is 10.00 Å². The lowest BCUT2D eigenvalue weighted by atomic mass is 9.80. The number of nitrogens with zero attached hydrogens (tertiary/aromatic N) is 4. The molecule has 1 aromatic carbocycles. The molecule has 3 atom stereocenters. The summed E-state index contributed by atoms with van der Waals surface area (Å²) in [6.07, 6.45) is 2.45. The molecule has 7 heteroatoms. The second-order valence-corrected chi connectivity index (χ2v) is 8.23. The van der Waals surface area contributed by atoms with Crippen LogP contribution in [0.4, 0.5) is 17.2 Å². The number of benzene rings is 1. The quantitative estimate of drug-likeness (QED) is 0.813. The summed E-state index contributed by atoms with van der Waals surface area (Å²) in [6, 6.07) is 12.2. The predicted octanol–water partition coefficient (Wildman–Crippen LogP) is 3.72. The Labute approximate surface area is 183 Å². The number of hydrogen-bond acceptors (Lipinski definition) is 6. The molecule has 3 heterocycles. The maximum absolute atomic E-state index is 12.6. The zero-order valence-electron chi connectivity index (χ0n) is 18.3. The highest BCUT2D eigenvalue weighted by atomic mass is 16.5. The molecule has 2 aliphatic heterocycles. The highest BCUT2D eigenvalue weighted by Gasteiger charge is 2.40. The number of nitrogens with one attached hydrogen (secondary N) is 1. The molecular weight excluding hydrogens is 390 g/mol. The fourth-order valence-electron chi connectivity index (χ4n) is 4.82. The second-order valence-electron chi connectivity index (χ2n) is 8.23. The van der Waals surface area contributed by atoms with Gasteiger partial charge in [0.05, 0.1) is 24.8 Å². The summed E-state index contributed by atoms with van der Waals surface area (Å²) in [5, 5.41) is 12.7. The molecule has 1 aromatic heterocycles. The van der Waals surface area contributed by atoms with E-state index in [1.807, 2.05) is 11.0 Å². The summed E-state index contributed by atoms with van der Waals surface area (Å²) < 4.78 is 5.51. The van der Waals surface area contributed by atoms with Gasteiger partial charge < -0.3 is 19.9 Å². The number of carbonyl (C=O) groups is 1. The molecule has 1 saturated heterocycles. The lowest BCUT2D eigenvalue weighted by molar-refractivity contribution is -0.117. The van der Waals surface area contributed by atoms with Gasteiger partial charge in [0.2, 0.25) is 5.91 Å². The van der Waals surface area contributed by atoms with Crippen molar-refractivity contribution in [3.63, 3.8) is 0 Å². The Morgan fingerprint density at radius 3 is 2.68 bits per heavy atom. The van der Waals surface area contributed by atoms with Crippen LogP contribution in [0.2, 0.25) is 0 Å². The molecule has 162 valence electrons. The summed E-state index contributed by atoms with van der Waals surface area (Å²) in [4.78, 5) is 21.3. The van der Waals surface area contributed by atoms with E-state index < -0.39 is 0 Å². The molecule has 7 nitrogen and oxygen atoms in total. The molecular formula is C24H29N5O2. The van der Waals surface area contributed by atoms with Crippen LogP contribution in [0.3, 0.4) is 0 Å². The minimum atomic E-state index is -0.00280. The van der Waals surface area contributed by atoms with E-state index in [0.29, 0.717) is 5.56 Å². The van der Waals surface area contributed by atoms with Gasteiger partial charge in [0.25, 0.3) is 0 Å². The van der Waals surface area contributed by atoms with Crippen LogP contribution < -0.4 is 15.1 Å². The summed E-state index contributed by atoms with van der Waals surface area (Å²) in [6.45, 7) is 9.13. The first kappa shape index (κ1) is 21.1. The SMILES string of the molecule is CCC1[C@H](C)C(Nc2ccc(C#N)cn2)c2cc(N3CCOCC3)ccc2N1C(C)=O. The van der Waals surface area contributed by atoms with Crippen molar-refractivity contribution in [2.24, 2.45) is 5.92 Å². The third-order valence-electron chi connectivity index (χ3n) is 6.40. The Hall–Kier alpha value is -3.11. The van der Waals surface area contributed by atoms with Crippen molar-refractivity contribution in [3.05, 3.63) is 47.7 Å². The number of carbonyl (C=O) groups excluding carboxylic acids is 1. The number of hydrogen-bond donors (Lipinski definition) is 1. The van der Waals surface area contributed by atoms with E-state index in [1.165, 1.54) is 0 Å². The molecule has 0 saturated carbocycles. The highest BCUT2D eigenvalue weighted by molar-refractivity contribution is 5.94. The third-order valence-corrected chi connectivity index (χ3v) is 6.40. The Kier molecular flexibility index (Phi) is 6.10. The molecule has 2 aliphatic rings. The van der Waals surface area contributed by atoms with Gasteiger partial charge in [-0.2, -0.15) is 5.26 Å². The lowest BCUT2D eigenvalue weighted by Gasteiger charge is -2.45. The zero-order valence-corrected chi connectivity index (χ0v) is 18.3. The molecule has 0 radical (unpaired) electrons. The van der Waals surface area contributed by atoms with Crippen molar-refractivity contribution < 1.29 is 9.53 Å².